The molecule has 0 saturated carbocycles. The quantitative estimate of drug-likeness (QED) is 0.615. The van der Waals surface area contributed by atoms with Gasteiger partial charge in [0.25, 0.3) is 0 Å². The molecule has 1 N–H and O–H groups in total. The van der Waals surface area contributed by atoms with Crippen LogP contribution in [0.5, 0.6) is 5.88 Å². The molecule has 0 aliphatic rings. The molecule has 0 aromatic carbocycles. The van der Waals surface area contributed by atoms with Crippen LogP contribution < -0.4 is 0 Å². The Hall–Kier alpha value is -2.34. The number of nitrogens with zero attached hydrogens (tertiary/aromatic N) is 4. The molecule has 0 radical (unpaired) electrons. The van der Waals surface area contributed by atoms with Crippen LogP contribution in [0, 0.1) is 0 Å². The van der Waals surface area contributed by atoms with Crippen molar-refractivity contribution in [3.63, 3.8) is 0 Å². The maximum Gasteiger partial charge on any atom is 0.201 e. The van der Waals surface area contributed by atoms with E-state index >= 15 is 0 Å². The SMILES string of the molecule is CC(c1cn2ccsc2n1)n1cc2ncccc2c1O. The number of hydrogen-bond acceptors (Lipinski definition) is 4. The lowest BCUT2D eigenvalue weighted by Crippen LogP contribution is -2.05. The third-order valence-electron chi connectivity index (χ3n) is 3.54. The van der Waals surface area contributed by atoms with Crippen LogP contribution in [0.25, 0.3) is 15.9 Å². The molecule has 5 nitrogen and oxygen atoms in total. The lowest BCUT2D eigenvalue weighted by atomic mass is 10.2. The Kier molecular flexibility index (Phi) is 2.34. The van der Waals surface area contributed by atoms with E-state index in [1.807, 2.05) is 52.0 Å². The van der Waals surface area contributed by atoms with Crippen molar-refractivity contribution in [3.8, 4) is 5.88 Å². The van der Waals surface area contributed by atoms with E-state index in [0.29, 0.717) is 0 Å². The predicted molar refractivity (Wildman–Crippen MR) is 78.3 cm³/mol. The molecule has 4 rings (SSSR count). The van der Waals surface area contributed by atoms with Crippen LogP contribution >= 0.6 is 11.3 Å². The lowest BCUT2D eigenvalue weighted by molar-refractivity contribution is 0.410. The van der Waals surface area contributed by atoms with Crippen LogP contribution in [0.15, 0.2) is 42.3 Å². The van der Waals surface area contributed by atoms with Crippen LogP contribution in [0.2, 0.25) is 0 Å². The molecule has 0 bridgehead atoms. The van der Waals surface area contributed by atoms with E-state index in [-0.39, 0.29) is 11.9 Å². The van der Waals surface area contributed by atoms with Gasteiger partial charge < -0.3 is 9.67 Å². The molecule has 0 amide bonds. The summed E-state index contributed by atoms with van der Waals surface area (Å²) in [5.74, 6) is 0.233. The van der Waals surface area contributed by atoms with Crippen LogP contribution in [0.1, 0.15) is 18.7 Å². The van der Waals surface area contributed by atoms with Gasteiger partial charge in [0.2, 0.25) is 5.88 Å². The van der Waals surface area contributed by atoms with Gasteiger partial charge in [-0.3, -0.25) is 9.38 Å². The van der Waals surface area contributed by atoms with E-state index in [9.17, 15) is 5.11 Å². The average molecular weight is 284 g/mol. The van der Waals surface area contributed by atoms with Crippen molar-refractivity contribution in [1.82, 2.24) is 18.9 Å². The smallest absolute Gasteiger partial charge is 0.201 e. The highest BCUT2D eigenvalue weighted by Crippen LogP contribution is 2.31. The van der Waals surface area contributed by atoms with Crippen molar-refractivity contribution in [2.24, 2.45) is 0 Å². The summed E-state index contributed by atoms with van der Waals surface area (Å²) in [6, 6.07) is 3.65. The number of aromatic nitrogens is 4. The fraction of sp³-hybridized carbons (Fsp3) is 0.143. The van der Waals surface area contributed by atoms with E-state index in [1.54, 1.807) is 17.5 Å². The maximum absolute atomic E-state index is 10.3. The molecule has 4 aromatic heterocycles. The summed E-state index contributed by atoms with van der Waals surface area (Å²) < 4.78 is 3.80. The Labute approximate surface area is 118 Å². The monoisotopic (exact) mass is 284 g/mol. The average Bonchev–Trinajstić information content (AvgIpc) is 3.11. The summed E-state index contributed by atoms with van der Waals surface area (Å²) in [5.41, 5.74) is 1.71. The first-order valence-electron chi connectivity index (χ1n) is 6.30. The largest absolute Gasteiger partial charge is 0.494 e. The van der Waals surface area contributed by atoms with E-state index in [0.717, 1.165) is 21.6 Å². The molecule has 0 aliphatic heterocycles. The Morgan fingerprint density at radius 1 is 1.35 bits per heavy atom. The standard InChI is InChI=1S/C14H12N4OS/c1-9(11-7-17-5-6-20-14(17)16-11)18-8-12-10(13(18)19)3-2-4-15-12/h2-9,19H,1H3. The van der Waals surface area contributed by atoms with Crippen molar-refractivity contribution in [1.29, 1.82) is 0 Å². The van der Waals surface area contributed by atoms with Crippen molar-refractivity contribution >= 4 is 27.2 Å². The molecule has 20 heavy (non-hydrogen) atoms. The first-order chi connectivity index (χ1) is 9.74. The van der Waals surface area contributed by atoms with Crippen molar-refractivity contribution in [2.45, 2.75) is 13.0 Å². The fourth-order valence-corrected chi connectivity index (χ4v) is 3.13. The Balaban J connectivity index is 1.85. The molecule has 1 atom stereocenters. The topological polar surface area (TPSA) is 55.4 Å². The third kappa shape index (κ3) is 1.55. The van der Waals surface area contributed by atoms with Gasteiger partial charge in [0.05, 0.1) is 22.6 Å². The van der Waals surface area contributed by atoms with Gasteiger partial charge in [-0.25, -0.2) is 4.98 Å². The van der Waals surface area contributed by atoms with Gasteiger partial charge in [-0.1, -0.05) is 0 Å². The van der Waals surface area contributed by atoms with E-state index in [4.69, 9.17) is 0 Å². The van der Waals surface area contributed by atoms with Crippen molar-refractivity contribution in [3.05, 3.63) is 48.0 Å². The van der Waals surface area contributed by atoms with Crippen LogP contribution in [0.4, 0.5) is 0 Å². The van der Waals surface area contributed by atoms with Crippen LogP contribution in [-0.2, 0) is 0 Å². The zero-order chi connectivity index (χ0) is 13.7. The summed E-state index contributed by atoms with van der Waals surface area (Å²) in [6.07, 6.45) is 7.57. The van der Waals surface area contributed by atoms with Gasteiger partial charge in [-0.2, -0.15) is 0 Å². The molecule has 0 fully saturated rings. The number of hydrogen-bond donors (Lipinski definition) is 1. The molecule has 4 heterocycles. The fourth-order valence-electron chi connectivity index (χ4n) is 2.43. The van der Waals surface area contributed by atoms with E-state index < -0.39 is 0 Å². The molecular weight excluding hydrogens is 272 g/mol. The molecule has 100 valence electrons. The Bertz CT molecular complexity index is 876. The molecule has 4 aromatic rings. The third-order valence-corrected chi connectivity index (χ3v) is 4.31. The zero-order valence-corrected chi connectivity index (χ0v) is 11.6. The van der Waals surface area contributed by atoms with Gasteiger partial charge in [-0.05, 0) is 19.1 Å². The van der Waals surface area contributed by atoms with Gasteiger partial charge in [0.15, 0.2) is 4.96 Å². The number of thiazole rings is 1. The highest BCUT2D eigenvalue weighted by molar-refractivity contribution is 7.15. The van der Waals surface area contributed by atoms with Gasteiger partial charge in [0.1, 0.15) is 0 Å². The molecule has 0 spiro atoms. The minimum Gasteiger partial charge on any atom is -0.494 e. The van der Waals surface area contributed by atoms with Crippen LogP contribution in [0.3, 0.4) is 0 Å². The first kappa shape index (κ1) is 11.5. The highest BCUT2D eigenvalue weighted by atomic mass is 32.1. The number of aromatic hydroxyl groups is 1. The molecular formula is C14H12N4OS. The minimum atomic E-state index is -0.0451. The van der Waals surface area contributed by atoms with Gasteiger partial charge in [0, 0.05) is 30.2 Å². The van der Waals surface area contributed by atoms with Crippen molar-refractivity contribution < 1.29 is 5.11 Å². The van der Waals surface area contributed by atoms with Gasteiger partial charge in [-0.15, -0.1) is 11.3 Å². The number of imidazole rings is 1. The molecule has 6 heteroatoms. The Morgan fingerprint density at radius 2 is 2.25 bits per heavy atom. The highest BCUT2D eigenvalue weighted by Gasteiger charge is 2.17. The van der Waals surface area contributed by atoms with E-state index in [2.05, 4.69) is 9.97 Å². The second kappa shape index (κ2) is 4.08. The second-order valence-electron chi connectivity index (χ2n) is 4.73. The summed E-state index contributed by atoms with van der Waals surface area (Å²) >= 11 is 1.60. The maximum atomic E-state index is 10.3. The number of fused-ring (bicyclic) bond motifs is 2. The number of pyridine rings is 1. The molecule has 0 aliphatic carbocycles. The zero-order valence-electron chi connectivity index (χ0n) is 10.8. The Morgan fingerprint density at radius 3 is 3.05 bits per heavy atom. The summed E-state index contributed by atoms with van der Waals surface area (Å²) in [7, 11) is 0. The molecule has 0 saturated heterocycles. The minimum absolute atomic E-state index is 0.0451. The second-order valence-corrected chi connectivity index (χ2v) is 5.60. The molecule has 1 unspecified atom stereocenters. The van der Waals surface area contributed by atoms with Crippen molar-refractivity contribution in [2.75, 3.05) is 0 Å². The van der Waals surface area contributed by atoms with Gasteiger partial charge >= 0.3 is 0 Å². The normalized spacial score (nSPS) is 13.2. The van der Waals surface area contributed by atoms with E-state index in [1.165, 1.54) is 0 Å². The van der Waals surface area contributed by atoms with Crippen LogP contribution in [-0.4, -0.2) is 24.0 Å². The summed E-state index contributed by atoms with van der Waals surface area (Å²) in [4.78, 5) is 9.82. The summed E-state index contributed by atoms with van der Waals surface area (Å²) in [5, 5.41) is 13.1. The number of rotatable bonds is 2. The summed E-state index contributed by atoms with van der Waals surface area (Å²) in [6.45, 7) is 2.02. The first-order valence-corrected chi connectivity index (χ1v) is 7.18. The lowest BCUT2D eigenvalue weighted by Gasteiger charge is -2.11. The predicted octanol–water partition coefficient (Wildman–Crippen LogP) is 3.06.